The minimum atomic E-state index is -0.515. The van der Waals surface area contributed by atoms with E-state index in [1.54, 1.807) is 41.5 Å². The number of amides is 2. The van der Waals surface area contributed by atoms with E-state index in [1.807, 2.05) is 6.92 Å². The lowest BCUT2D eigenvalue weighted by Gasteiger charge is -2.22. The highest BCUT2D eigenvalue weighted by molar-refractivity contribution is 5.68. The van der Waals surface area contributed by atoms with Crippen LogP contribution in [0.15, 0.2) is 0 Å². The predicted molar refractivity (Wildman–Crippen MR) is 77.7 cm³/mol. The van der Waals surface area contributed by atoms with Gasteiger partial charge in [0.1, 0.15) is 11.2 Å². The highest BCUT2D eigenvalue weighted by Crippen LogP contribution is 2.07. The van der Waals surface area contributed by atoms with Crippen LogP contribution in [0.5, 0.6) is 0 Å². The van der Waals surface area contributed by atoms with Crippen molar-refractivity contribution >= 4 is 12.2 Å². The summed E-state index contributed by atoms with van der Waals surface area (Å²) in [5, 5.41) is 5.34. The van der Waals surface area contributed by atoms with Crippen molar-refractivity contribution in [3.05, 3.63) is 0 Å². The van der Waals surface area contributed by atoms with Crippen LogP contribution >= 0.6 is 0 Å². The van der Waals surface area contributed by atoms with Gasteiger partial charge in [-0.3, -0.25) is 0 Å². The molecule has 0 aliphatic rings. The predicted octanol–water partition coefficient (Wildman–Crippen LogP) is 2.81. The van der Waals surface area contributed by atoms with Crippen LogP contribution in [0, 0.1) is 0 Å². The van der Waals surface area contributed by atoms with Crippen molar-refractivity contribution in [2.75, 3.05) is 6.54 Å². The van der Waals surface area contributed by atoms with Gasteiger partial charge >= 0.3 is 12.2 Å². The van der Waals surface area contributed by atoms with Crippen molar-refractivity contribution in [1.82, 2.24) is 10.6 Å². The molecule has 118 valence electrons. The largest absolute Gasteiger partial charge is 0.444 e. The molecule has 6 nitrogen and oxygen atoms in total. The van der Waals surface area contributed by atoms with Gasteiger partial charge in [0.05, 0.1) is 0 Å². The molecule has 0 aromatic carbocycles. The maximum atomic E-state index is 11.5. The Bertz CT molecular complexity index is 329. The first kappa shape index (κ1) is 18.5. The van der Waals surface area contributed by atoms with Crippen LogP contribution in [0.1, 0.15) is 54.9 Å². The van der Waals surface area contributed by atoms with E-state index in [0.29, 0.717) is 13.0 Å². The summed E-state index contributed by atoms with van der Waals surface area (Å²) in [4.78, 5) is 22.9. The smallest absolute Gasteiger partial charge is 0.407 e. The molecule has 1 atom stereocenters. The number of alkyl carbamates (subject to hydrolysis) is 2. The van der Waals surface area contributed by atoms with Crippen molar-refractivity contribution in [3.63, 3.8) is 0 Å². The van der Waals surface area contributed by atoms with Gasteiger partial charge in [-0.1, -0.05) is 0 Å². The molecule has 0 aliphatic carbocycles. The summed E-state index contributed by atoms with van der Waals surface area (Å²) in [7, 11) is 0. The second-order valence-electron chi connectivity index (χ2n) is 6.76. The number of rotatable bonds is 4. The van der Waals surface area contributed by atoms with Gasteiger partial charge in [0.2, 0.25) is 0 Å². The summed E-state index contributed by atoms with van der Waals surface area (Å²) < 4.78 is 10.2. The van der Waals surface area contributed by atoms with Crippen molar-refractivity contribution in [1.29, 1.82) is 0 Å². The molecule has 6 heteroatoms. The normalized spacial score (nSPS) is 13.3. The molecule has 0 saturated heterocycles. The first-order chi connectivity index (χ1) is 8.89. The molecular formula is C14H28N2O4. The standard InChI is InChI=1S/C14H28N2O4/c1-10(16-12(18)20-14(5,6)7)8-9-15-11(17)19-13(2,3)4/h10H,8-9H2,1-7H3,(H,15,17)(H,16,18). The summed E-state index contributed by atoms with van der Waals surface area (Å²) in [6, 6.07) is -0.0974. The van der Waals surface area contributed by atoms with E-state index in [2.05, 4.69) is 10.6 Å². The Hall–Kier alpha value is -1.46. The minimum Gasteiger partial charge on any atom is -0.444 e. The van der Waals surface area contributed by atoms with E-state index in [-0.39, 0.29) is 6.04 Å². The molecule has 0 aromatic rings. The van der Waals surface area contributed by atoms with Crippen LogP contribution < -0.4 is 10.6 Å². The molecule has 20 heavy (non-hydrogen) atoms. The summed E-state index contributed by atoms with van der Waals surface area (Å²) in [6.07, 6.45) is -0.317. The molecule has 2 amide bonds. The molecule has 0 spiro atoms. The monoisotopic (exact) mass is 288 g/mol. The second-order valence-corrected chi connectivity index (χ2v) is 6.76. The molecule has 0 rings (SSSR count). The van der Waals surface area contributed by atoms with Crippen LogP contribution in [0.4, 0.5) is 9.59 Å². The van der Waals surface area contributed by atoms with E-state index in [1.165, 1.54) is 0 Å². The summed E-state index contributed by atoms with van der Waals surface area (Å²) in [5.41, 5.74) is -1.02. The van der Waals surface area contributed by atoms with Crippen molar-refractivity contribution in [3.8, 4) is 0 Å². The van der Waals surface area contributed by atoms with E-state index in [9.17, 15) is 9.59 Å². The quantitative estimate of drug-likeness (QED) is 0.834. The first-order valence-electron chi connectivity index (χ1n) is 6.85. The zero-order chi connectivity index (χ0) is 16.0. The minimum absolute atomic E-state index is 0.0974. The third-order valence-corrected chi connectivity index (χ3v) is 2.01. The van der Waals surface area contributed by atoms with Crippen molar-refractivity contribution < 1.29 is 19.1 Å². The van der Waals surface area contributed by atoms with Crippen molar-refractivity contribution in [2.24, 2.45) is 0 Å². The number of carbonyl (C=O) groups excluding carboxylic acids is 2. The lowest BCUT2D eigenvalue weighted by Crippen LogP contribution is -2.40. The summed E-state index contributed by atoms with van der Waals surface area (Å²) in [5.74, 6) is 0. The van der Waals surface area contributed by atoms with Gasteiger partial charge in [-0.15, -0.1) is 0 Å². The fourth-order valence-corrected chi connectivity index (χ4v) is 1.29. The van der Waals surface area contributed by atoms with Gasteiger partial charge in [-0.2, -0.15) is 0 Å². The highest BCUT2D eigenvalue weighted by atomic mass is 16.6. The molecule has 1 unspecified atom stereocenters. The maximum Gasteiger partial charge on any atom is 0.407 e. The number of ether oxygens (including phenoxy) is 2. The Kier molecular flexibility index (Phi) is 6.82. The van der Waals surface area contributed by atoms with Crippen molar-refractivity contribution in [2.45, 2.75) is 72.1 Å². The van der Waals surface area contributed by atoms with Gasteiger partial charge < -0.3 is 20.1 Å². The highest BCUT2D eigenvalue weighted by Gasteiger charge is 2.18. The zero-order valence-electron chi connectivity index (χ0n) is 13.6. The number of carbonyl (C=O) groups is 2. The Labute approximate surface area is 121 Å². The summed E-state index contributed by atoms with van der Waals surface area (Å²) >= 11 is 0. The van der Waals surface area contributed by atoms with Crippen LogP contribution in [0.2, 0.25) is 0 Å². The zero-order valence-corrected chi connectivity index (χ0v) is 13.6. The molecule has 2 N–H and O–H groups in total. The average molecular weight is 288 g/mol. The third kappa shape index (κ3) is 11.6. The van der Waals surface area contributed by atoms with Crippen LogP contribution in [-0.4, -0.2) is 36.0 Å². The number of hydrogen-bond acceptors (Lipinski definition) is 4. The SMILES string of the molecule is CC(CCNC(=O)OC(C)(C)C)NC(=O)OC(C)(C)C. The van der Waals surface area contributed by atoms with E-state index in [4.69, 9.17) is 9.47 Å². The fraction of sp³-hybridized carbons (Fsp3) is 0.857. The molecule has 0 aromatic heterocycles. The Morgan fingerprint density at radius 1 is 0.950 bits per heavy atom. The first-order valence-corrected chi connectivity index (χ1v) is 6.85. The topological polar surface area (TPSA) is 76.7 Å². The van der Waals surface area contributed by atoms with E-state index < -0.39 is 23.4 Å². The molecule has 0 radical (unpaired) electrons. The van der Waals surface area contributed by atoms with Crippen LogP contribution in [-0.2, 0) is 9.47 Å². The molecule has 0 fully saturated rings. The molecule has 0 aliphatic heterocycles. The van der Waals surface area contributed by atoms with Gasteiger partial charge in [-0.25, -0.2) is 9.59 Å². The molecule has 0 bridgehead atoms. The van der Waals surface area contributed by atoms with Gasteiger partial charge in [0, 0.05) is 12.6 Å². The van der Waals surface area contributed by atoms with Gasteiger partial charge in [0.15, 0.2) is 0 Å². The Morgan fingerprint density at radius 2 is 1.40 bits per heavy atom. The van der Waals surface area contributed by atoms with E-state index >= 15 is 0 Å². The number of nitrogens with one attached hydrogen (secondary N) is 2. The van der Waals surface area contributed by atoms with Gasteiger partial charge in [-0.05, 0) is 54.9 Å². The van der Waals surface area contributed by atoms with Gasteiger partial charge in [0.25, 0.3) is 0 Å². The maximum absolute atomic E-state index is 11.5. The molecule has 0 saturated carbocycles. The Morgan fingerprint density at radius 3 is 1.85 bits per heavy atom. The lowest BCUT2D eigenvalue weighted by atomic mass is 10.2. The summed E-state index contributed by atoms with van der Waals surface area (Å²) in [6.45, 7) is 13.1. The molecular weight excluding hydrogens is 260 g/mol. The Balaban J connectivity index is 3.87. The number of hydrogen-bond donors (Lipinski definition) is 2. The van der Waals surface area contributed by atoms with E-state index in [0.717, 1.165) is 0 Å². The lowest BCUT2D eigenvalue weighted by molar-refractivity contribution is 0.0504. The fourth-order valence-electron chi connectivity index (χ4n) is 1.29. The third-order valence-electron chi connectivity index (χ3n) is 2.01. The van der Waals surface area contributed by atoms with Crippen LogP contribution in [0.3, 0.4) is 0 Å². The average Bonchev–Trinajstić information content (AvgIpc) is 2.10. The second kappa shape index (κ2) is 7.36. The van der Waals surface area contributed by atoms with Crippen LogP contribution in [0.25, 0.3) is 0 Å². The molecule has 0 heterocycles.